The van der Waals surface area contributed by atoms with Crippen LogP contribution < -0.4 is 0 Å². The SMILES string of the molecule is CC1C(O)CC(=O)N(C)C1(C)C. The Kier molecular flexibility index (Phi) is 2.17. The van der Waals surface area contributed by atoms with E-state index in [-0.39, 0.29) is 23.8 Å². The van der Waals surface area contributed by atoms with Gasteiger partial charge in [0.25, 0.3) is 0 Å². The smallest absolute Gasteiger partial charge is 0.225 e. The molecular formula is C9H17NO2. The summed E-state index contributed by atoms with van der Waals surface area (Å²) in [6.45, 7) is 5.95. The number of nitrogens with zero attached hydrogens (tertiary/aromatic N) is 1. The molecule has 2 unspecified atom stereocenters. The van der Waals surface area contributed by atoms with Gasteiger partial charge in [-0.3, -0.25) is 4.79 Å². The van der Waals surface area contributed by atoms with E-state index in [0.29, 0.717) is 0 Å². The zero-order chi connectivity index (χ0) is 9.52. The zero-order valence-electron chi connectivity index (χ0n) is 8.16. The van der Waals surface area contributed by atoms with Crippen molar-refractivity contribution in [2.24, 2.45) is 5.92 Å². The van der Waals surface area contributed by atoms with Crippen LogP contribution in [0.1, 0.15) is 27.2 Å². The van der Waals surface area contributed by atoms with Crippen LogP contribution in [0.15, 0.2) is 0 Å². The Bertz CT molecular complexity index is 201. The molecule has 0 aliphatic carbocycles. The van der Waals surface area contributed by atoms with Crippen LogP contribution in [-0.2, 0) is 4.79 Å². The maximum absolute atomic E-state index is 11.3. The highest BCUT2D eigenvalue weighted by Gasteiger charge is 2.42. The maximum atomic E-state index is 11.3. The van der Waals surface area contributed by atoms with E-state index < -0.39 is 6.10 Å². The van der Waals surface area contributed by atoms with Crippen molar-refractivity contribution in [3.63, 3.8) is 0 Å². The Morgan fingerprint density at radius 1 is 1.58 bits per heavy atom. The summed E-state index contributed by atoms with van der Waals surface area (Å²) in [5.41, 5.74) is -0.227. The summed E-state index contributed by atoms with van der Waals surface area (Å²) in [5.74, 6) is 0.172. The third kappa shape index (κ3) is 1.22. The lowest BCUT2D eigenvalue weighted by molar-refractivity contribution is -0.149. The number of amides is 1. The third-order valence-corrected chi connectivity index (χ3v) is 3.31. The molecule has 0 saturated carbocycles. The molecule has 3 heteroatoms. The number of likely N-dealkylation sites (tertiary alicyclic amines) is 1. The Labute approximate surface area is 73.4 Å². The van der Waals surface area contributed by atoms with E-state index in [1.807, 2.05) is 20.8 Å². The van der Waals surface area contributed by atoms with Gasteiger partial charge < -0.3 is 10.0 Å². The molecule has 1 saturated heterocycles. The molecule has 0 aromatic rings. The normalized spacial score (nSPS) is 35.4. The number of aliphatic hydroxyl groups is 1. The van der Waals surface area contributed by atoms with Crippen LogP contribution in [-0.4, -0.2) is 34.6 Å². The summed E-state index contributed by atoms with van der Waals surface area (Å²) in [4.78, 5) is 13.1. The average molecular weight is 171 g/mol. The minimum absolute atomic E-state index is 0.0330. The van der Waals surface area contributed by atoms with Crippen LogP contribution in [0.3, 0.4) is 0 Å². The second-order valence-electron chi connectivity index (χ2n) is 4.17. The first kappa shape index (κ1) is 9.52. The number of hydrogen-bond acceptors (Lipinski definition) is 2. The van der Waals surface area contributed by atoms with Crippen molar-refractivity contribution in [3.8, 4) is 0 Å². The zero-order valence-corrected chi connectivity index (χ0v) is 8.16. The van der Waals surface area contributed by atoms with E-state index in [4.69, 9.17) is 0 Å². The largest absolute Gasteiger partial charge is 0.392 e. The Balaban J connectivity index is 2.89. The molecule has 3 nitrogen and oxygen atoms in total. The predicted molar refractivity (Wildman–Crippen MR) is 46.6 cm³/mol. The van der Waals surface area contributed by atoms with Crippen LogP contribution in [0, 0.1) is 5.92 Å². The lowest BCUT2D eigenvalue weighted by atomic mass is 9.78. The van der Waals surface area contributed by atoms with Gasteiger partial charge in [-0.2, -0.15) is 0 Å². The molecule has 2 atom stereocenters. The van der Waals surface area contributed by atoms with Crippen molar-refractivity contribution in [2.75, 3.05) is 7.05 Å². The van der Waals surface area contributed by atoms with Gasteiger partial charge in [-0.05, 0) is 13.8 Å². The fourth-order valence-corrected chi connectivity index (χ4v) is 1.59. The molecule has 0 radical (unpaired) electrons. The number of carbonyl (C=O) groups is 1. The average Bonchev–Trinajstić information content (AvgIpc) is 1.99. The molecule has 1 amide bonds. The second-order valence-corrected chi connectivity index (χ2v) is 4.17. The highest BCUT2D eigenvalue weighted by Crippen LogP contribution is 2.32. The minimum atomic E-state index is -0.483. The van der Waals surface area contributed by atoms with Crippen molar-refractivity contribution < 1.29 is 9.90 Å². The summed E-state index contributed by atoms with van der Waals surface area (Å²) < 4.78 is 0. The van der Waals surface area contributed by atoms with Crippen molar-refractivity contribution >= 4 is 5.91 Å². The number of rotatable bonds is 0. The first-order chi connectivity index (χ1) is 5.37. The Morgan fingerprint density at radius 2 is 2.08 bits per heavy atom. The maximum Gasteiger partial charge on any atom is 0.225 e. The first-order valence-corrected chi connectivity index (χ1v) is 4.32. The van der Waals surface area contributed by atoms with Crippen molar-refractivity contribution in [3.05, 3.63) is 0 Å². The summed E-state index contributed by atoms with van der Waals surface area (Å²) in [7, 11) is 1.80. The number of hydrogen-bond donors (Lipinski definition) is 1. The van der Waals surface area contributed by atoms with Gasteiger partial charge in [0.15, 0.2) is 0 Å². The molecule has 12 heavy (non-hydrogen) atoms. The van der Waals surface area contributed by atoms with Crippen LogP contribution in [0.5, 0.6) is 0 Å². The van der Waals surface area contributed by atoms with Gasteiger partial charge in [-0.1, -0.05) is 6.92 Å². The lowest BCUT2D eigenvalue weighted by Crippen LogP contribution is -2.58. The first-order valence-electron chi connectivity index (χ1n) is 4.32. The van der Waals surface area contributed by atoms with Gasteiger partial charge in [0.2, 0.25) is 5.91 Å². The Hall–Kier alpha value is -0.570. The van der Waals surface area contributed by atoms with Gasteiger partial charge >= 0.3 is 0 Å². The quantitative estimate of drug-likeness (QED) is 0.580. The number of piperidine rings is 1. The molecule has 1 aliphatic heterocycles. The molecule has 1 fully saturated rings. The predicted octanol–water partition coefficient (Wildman–Crippen LogP) is 0.624. The molecule has 0 aromatic heterocycles. The minimum Gasteiger partial charge on any atom is -0.392 e. The fourth-order valence-electron chi connectivity index (χ4n) is 1.59. The molecule has 0 bridgehead atoms. The molecule has 0 spiro atoms. The van der Waals surface area contributed by atoms with Crippen LogP contribution >= 0.6 is 0 Å². The summed E-state index contributed by atoms with van der Waals surface area (Å²) in [6.07, 6.45) is -0.218. The van der Waals surface area contributed by atoms with Crippen LogP contribution in [0.2, 0.25) is 0 Å². The Morgan fingerprint density at radius 3 is 2.58 bits per heavy atom. The van der Waals surface area contributed by atoms with Gasteiger partial charge in [-0.15, -0.1) is 0 Å². The van der Waals surface area contributed by atoms with Crippen molar-refractivity contribution in [2.45, 2.75) is 38.8 Å². The topological polar surface area (TPSA) is 40.5 Å². The number of aliphatic hydroxyl groups excluding tert-OH is 1. The summed E-state index contributed by atoms with van der Waals surface area (Å²) in [6, 6.07) is 0. The highest BCUT2D eigenvalue weighted by molar-refractivity contribution is 5.78. The molecule has 0 aromatic carbocycles. The van der Waals surface area contributed by atoms with Gasteiger partial charge in [-0.25, -0.2) is 0 Å². The van der Waals surface area contributed by atoms with E-state index in [2.05, 4.69) is 0 Å². The molecular weight excluding hydrogens is 154 g/mol. The molecule has 1 N–H and O–H groups in total. The van der Waals surface area contributed by atoms with Gasteiger partial charge in [0.05, 0.1) is 12.5 Å². The number of carbonyl (C=O) groups excluding carboxylic acids is 1. The van der Waals surface area contributed by atoms with E-state index in [1.165, 1.54) is 0 Å². The second kappa shape index (κ2) is 2.73. The third-order valence-electron chi connectivity index (χ3n) is 3.31. The molecule has 1 aliphatic rings. The fraction of sp³-hybridized carbons (Fsp3) is 0.889. The highest BCUT2D eigenvalue weighted by atomic mass is 16.3. The molecule has 70 valence electrons. The van der Waals surface area contributed by atoms with Crippen LogP contribution in [0.25, 0.3) is 0 Å². The summed E-state index contributed by atoms with van der Waals surface area (Å²) in [5, 5.41) is 9.55. The molecule has 1 rings (SSSR count). The van der Waals surface area contributed by atoms with E-state index >= 15 is 0 Å². The molecule has 1 heterocycles. The van der Waals surface area contributed by atoms with Gasteiger partial charge in [0.1, 0.15) is 0 Å². The van der Waals surface area contributed by atoms with Crippen molar-refractivity contribution in [1.82, 2.24) is 4.90 Å². The van der Waals surface area contributed by atoms with E-state index in [0.717, 1.165) is 0 Å². The van der Waals surface area contributed by atoms with Gasteiger partial charge in [0, 0.05) is 18.5 Å². The van der Waals surface area contributed by atoms with Crippen molar-refractivity contribution in [1.29, 1.82) is 0 Å². The van der Waals surface area contributed by atoms with E-state index in [9.17, 15) is 9.90 Å². The lowest BCUT2D eigenvalue weighted by Gasteiger charge is -2.46. The monoisotopic (exact) mass is 171 g/mol. The summed E-state index contributed by atoms with van der Waals surface area (Å²) >= 11 is 0. The standard InChI is InChI=1S/C9H17NO2/c1-6-7(11)5-8(12)10(4)9(6,2)3/h6-7,11H,5H2,1-4H3. The van der Waals surface area contributed by atoms with Crippen LogP contribution in [0.4, 0.5) is 0 Å². The van der Waals surface area contributed by atoms with E-state index in [1.54, 1.807) is 11.9 Å².